The Morgan fingerprint density at radius 1 is 1.53 bits per heavy atom. The number of aromatic nitrogens is 1. The summed E-state index contributed by atoms with van der Waals surface area (Å²) in [7, 11) is 0. The molecule has 0 bridgehead atoms. The number of carbonyl (C=O) groups excluding carboxylic acids is 1. The fourth-order valence-corrected chi connectivity index (χ4v) is 2.25. The zero-order valence-corrected chi connectivity index (χ0v) is 10.4. The summed E-state index contributed by atoms with van der Waals surface area (Å²) in [5.41, 5.74) is 2.00. The van der Waals surface area contributed by atoms with Crippen LogP contribution in [0, 0.1) is 6.92 Å². The molecule has 1 aromatic heterocycles. The van der Waals surface area contributed by atoms with Crippen LogP contribution in [0.4, 0.5) is 5.69 Å². The van der Waals surface area contributed by atoms with E-state index in [0.29, 0.717) is 0 Å². The van der Waals surface area contributed by atoms with Gasteiger partial charge in [-0.15, -0.1) is 0 Å². The number of aryl methyl sites for hydroxylation is 1. The quantitative estimate of drug-likeness (QED) is 0.860. The number of nitrogens with zero attached hydrogens (tertiary/aromatic N) is 2. The minimum atomic E-state index is -0.0331. The van der Waals surface area contributed by atoms with Crippen LogP contribution in [-0.4, -0.2) is 30.0 Å². The van der Waals surface area contributed by atoms with Crippen LogP contribution in [0.1, 0.15) is 25.3 Å². The summed E-state index contributed by atoms with van der Waals surface area (Å²) < 4.78 is 0. The van der Waals surface area contributed by atoms with Gasteiger partial charge in [0.1, 0.15) is 0 Å². The van der Waals surface area contributed by atoms with Gasteiger partial charge < -0.3 is 10.2 Å². The van der Waals surface area contributed by atoms with Crippen molar-refractivity contribution in [2.75, 3.05) is 18.0 Å². The first kappa shape index (κ1) is 12.0. The fraction of sp³-hybridized carbons (Fsp3) is 0.538. The molecule has 0 aromatic carbocycles. The SMILES string of the molecule is CCNC1CCCN(c2cncc(C)c2)C1=O. The molecule has 17 heavy (non-hydrogen) atoms. The Morgan fingerprint density at radius 2 is 2.35 bits per heavy atom. The van der Waals surface area contributed by atoms with Crippen LogP contribution >= 0.6 is 0 Å². The summed E-state index contributed by atoms with van der Waals surface area (Å²) in [4.78, 5) is 18.3. The van der Waals surface area contributed by atoms with Crippen LogP contribution in [0.15, 0.2) is 18.5 Å². The normalized spacial score (nSPS) is 20.7. The van der Waals surface area contributed by atoms with E-state index in [1.54, 1.807) is 12.4 Å². The molecule has 2 heterocycles. The lowest BCUT2D eigenvalue weighted by atomic mass is 10.0. The molecule has 0 aliphatic carbocycles. The molecule has 1 atom stereocenters. The maximum Gasteiger partial charge on any atom is 0.244 e. The van der Waals surface area contributed by atoms with E-state index in [9.17, 15) is 4.79 Å². The first-order valence-corrected chi connectivity index (χ1v) is 6.18. The molecule has 1 aliphatic heterocycles. The van der Waals surface area contributed by atoms with Gasteiger partial charge in [0.25, 0.3) is 0 Å². The molecule has 1 unspecified atom stereocenters. The van der Waals surface area contributed by atoms with Crippen LogP contribution in [0.25, 0.3) is 0 Å². The Balaban J connectivity index is 2.17. The maximum atomic E-state index is 12.3. The van der Waals surface area contributed by atoms with Gasteiger partial charge in [0.2, 0.25) is 5.91 Å². The smallest absolute Gasteiger partial charge is 0.244 e. The van der Waals surface area contributed by atoms with Crippen LogP contribution in [0.5, 0.6) is 0 Å². The number of amides is 1. The second-order valence-electron chi connectivity index (χ2n) is 4.46. The first-order chi connectivity index (χ1) is 8.22. The largest absolute Gasteiger partial charge is 0.310 e. The fourth-order valence-electron chi connectivity index (χ4n) is 2.25. The third-order valence-corrected chi connectivity index (χ3v) is 3.06. The Morgan fingerprint density at radius 3 is 3.06 bits per heavy atom. The van der Waals surface area contributed by atoms with Crippen LogP contribution < -0.4 is 10.2 Å². The topological polar surface area (TPSA) is 45.2 Å². The Labute approximate surface area is 102 Å². The Kier molecular flexibility index (Phi) is 3.74. The highest BCUT2D eigenvalue weighted by Crippen LogP contribution is 2.20. The number of piperidine rings is 1. The Hall–Kier alpha value is -1.42. The first-order valence-electron chi connectivity index (χ1n) is 6.18. The summed E-state index contributed by atoms with van der Waals surface area (Å²) in [5, 5.41) is 3.24. The number of hydrogen-bond donors (Lipinski definition) is 1. The number of carbonyl (C=O) groups is 1. The molecular weight excluding hydrogens is 214 g/mol. The van der Waals surface area contributed by atoms with Gasteiger partial charge >= 0.3 is 0 Å². The molecule has 4 heteroatoms. The molecule has 2 rings (SSSR count). The highest BCUT2D eigenvalue weighted by atomic mass is 16.2. The highest BCUT2D eigenvalue weighted by molar-refractivity contribution is 5.97. The summed E-state index contributed by atoms with van der Waals surface area (Å²) in [6.07, 6.45) is 5.54. The summed E-state index contributed by atoms with van der Waals surface area (Å²) >= 11 is 0. The standard InChI is InChI=1S/C13H19N3O/c1-3-15-12-5-4-6-16(13(12)17)11-7-10(2)8-14-9-11/h7-9,12,15H,3-6H2,1-2H3. The van der Waals surface area contributed by atoms with Crippen LogP contribution in [0.3, 0.4) is 0 Å². The second-order valence-corrected chi connectivity index (χ2v) is 4.46. The van der Waals surface area contributed by atoms with Gasteiger partial charge in [-0.2, -0.15) is 0 Å². The third kappa shape index (κ3) is 2.64. The minimum absolute atomic E-state index is 0.0331. The Bertz CT molecular complexity index is 403. The van der Waals surface area contributed by atoms with Crippen molar-refractivity contribution in [2.24, 2.45) is 0 Å². The van der Waals surface area contributed by atoms with Crippen LogP contribution in [0.2, 0.25) is 0 Å². The monoisotopic (exact) mass is 233 g/mol. The molecule has 1 fully saturated rings. The lowest BCUT2D eigenvalue weighted by Crippen LogP contribution is -2.50. The molecule has 92 valence electrons. The maximum absolute atomic E-state index is 12.3. The summed E-state index contributed by atoms with van der Waals surface area (Å²) in [6, 6.07) is 1.98. The van der Waals surface area contributed by atoms with E-state index < -0.39 is 0 Å². The zero-order chi connectivity index (χ0) is 12.3. The second kappa shape index (κ2) is 5.27. The van der Waals surface area contributed by atoms with Crippen molar-refractivity contribution in [1.82, 2.24) is 10.3 Å². The molecule has 4 nitrogen and oxygen atoms in total. The third-order valence-electron chi connectivity index (χ3n) is 3.06. The van der Waals surface area contributed by atoms with Crippen molar-refractivity contribution in [3.8, 4) is 0 Å². The van der Waals surface area contributed by atoms with E-state index >= 15 is 0 Å². The minimum Gasteiger partial charge on any atom is -0.310 e. The van der Waals surface area contributed by atoms with Gasteiger partial charge in [-0.25, -0.2) is 0 Å². The van der Waals surface area contributed by atoms with E-state index in [1.807, 2.05) is 24.8 Å². The van der Waals surface area contributed by atoms with Gasteiger partial charge in [-0.1, -0.05) is 6.92 Å². The van der Waals surface area contributed by atoms with E-state index in [1.165, 1.54) is 0 Å². The number of likely N-dealkylation sites (N-methyl/N-ethyl adjacent to an activating group) is 1. The molecule has 1 aliphatic rings. The molecule has 1 saturated heterocycles. The molecular formula is C13H19N3O. The van der Waals surface area contributed by atoms with Gasteiger partial charge in [0.05, 0.1) is 17.9 Å². The van der Waals surface area contributed by atoms with Crippen molar-refractivity contribution in [1.29, 1.82) is 0 Å². The van der Waals surface area contributed by atoms with Crippen molar-refractivity contribution in [2.45, 2.75) is 32.7 Å². The zero-order valence-electron chi connectivity index (χ0n) is 10.4. The number of anilines is 1. The summed E-state index contributed by atoms with van der Waals surface area (Å²) in [6.45, 7) is 5.65. The average molecular weight is 233 g/mol. The average Bonchev–Trinajstić information content (AvgIpc) is 2.32. The van der Waals surface area contributed by atoms with Gasteiger partial charge in [0.15, 0.2) is 0 Å². The number of pyridine rings is 1. The van der Waals surface area contributed by atoms with E-state index in [0.717, 1.165) is 37.2 Å². The lowest BCUT2D eigenvalue weighted by molar-refractivity contribution is -0.121. The van der Waals surface area contributed by atoms with E-state index in [-0.39, 0.29) is 11.9 Å². The predicted octanol–water partition coefficient (Wildman–Crippen LogP) is 1.49. The summed E-state index contributed by atoms with van der Waals surface area (Å²) in [5.74, 6) is 0.172. The predicted molar refractivity (Wildman–Crippen MR) is 68.0 cm³/mol. The van der Waals surface area contributed by atoms with Gasteiger partial charge in [-0.05, 0) is 37.9 Å². The van der Waals surface area contributed by atoms with Crippen molar-refractivity contribution in [3.63, 3.8) is 0 Å². The molecule has 1 amide bonds. The molecule has 0 saturated carbocycles. The molecule has 0 spiro atoms. The number of rotatable bonds is 3. The highest BCUT2D eigenvalue weighted by Gasteiger charge is 2.28. The van der Waals surface area contributed by atoms with Crippen LogP contribution in [-0.2, 0) is 4.79 Å². The lowest BCUT2D eigenvalue weighted by Gasteiger charge is -2.32. The van der Waals surface area contributed by atoms with Gasteiger partial charge in [0, 0.05) is 12.7 Å². The van der Waals surface area contributed by atoms with Crippen molar-refractivity contribution < 1.29 is 4.79 Å². The van der Waals surface area contributed by atoms with E-state index in [2.05, 4.69) is 10.3 Å². The molecule has 1 aromatic rings. The van der Waals surface area contributed by atoms with E-state index in [4.69, 9.17) is 0 Å². The van der Waals surface area contributed by atoms with Crippen molar-refractivity contribution in [3.05, 3.63) is 24.0 Å². The number of nitrogens with one attached hydrogen (secondary N) is 1. The van der Waals surface area contributed by atoms with Gasteiger partial charge in [-0.3, -0.25) is 9.78 Å². The molecule has 1 N–H and O–H groups in total. The van der Waals surface area contributed by atoms with Crippen molar-refractivity contribution >= 4 is 11.6 Å². The number of hydrogen-bond acceptors (Lipinski definition) is 3. The molecule has 0 radical (unpaired) electrons.